The smallest absolute Gasteiger partial charge is 0.143 e. The van der Waals surface area contributed by atoms with Crippen LogP contribution >= 0.6 is 8.43 Å². The van der Waals surface area contributed by atoms with E-state index in [0.717, 1.165) is 0 Å². The van der Waals surface area contributed by atoms with E-state index in [4.69, 9.17) is 0 Å². The highest BCUT2D eigenvalue weighted by atomic mass is 31.1. The predicted octanol–water partition coefficient (Wildman–Crippen LogP) is 4.14. The summed E-state index contributed by atoms with van der Waals surface area (Å²) >= 11 is 0. The lowest BCUT2D eigenvalue weighted by atomic mass is 10.1. The van der Waals surface area contributed by atoms with E-state index in [1.54, 1.807) is 6.07 Å². The Balaban J connectivity index is 0.000000132. The van der Waals surface area contributed by atoms with E-state index >= 15 is 0 Å². The Hall–Kier alpha value is -0.880. The Morgan fingerprint density at radius 1 is 1.00 bits per heavy atom. The highest BCUT2D eigenvalue weighted by molar-refractivity contribution is 7.21. The monoisotopic (exact) mass is 198 g/mol. The first-order chi connectivity index (χ1) is 6.50. The zero-order valence-corrected chi connectivity index (χ0v) is 8.61. The molecule has 0 bridgehead atoms. The van der Waals surface area contributed by atoms with Crippen molar-refractivity contribution in [3.63, 3.8) is 0 Å². The van der Waals surface area contributed by atoms with Crippen LogP contribution in [-0.4, -0.2) is 0 Å². The molecule has 0 aromatic carbocycles. The average Bonchev–Trinajstić information content (AvgIpc) is 2.53. The highest BCUT2D eigenvalue weighted by Crippen LogP contribution is 2.07. The van der Waals surface area contributed by atoms with Crippen molar-refractivity contribution in [2.24, 2.45) is 0 Å². The number of hydrogen-bond acceptors (Lipinski definition) is 2. The number of hydrogen-bond donors (Lipinski definition) is 0. The van der Waals surface area contributed by atoms with E-state index in [-0.39, 0.29) is 0 Å². The second-order valence-electron chi connectivity index (χ2n) is 2.74. The lowest BCUT2D eigenvalue weighted by Crippen LogP contribution is -1.77. The molecule has 1 atom stereocenters. The van der Waals surface area contributed by atoms with Crippen molar-refractivity contribution in [3.8, 4) is 0 Å². The van der Waals surface area contributed by atoms with Crippen LogP contribution in [0.4, 0.5) is 0 Å². The molecule has 1 aromatic rings. The zero-order valence-electron chi connectivity index (χ0n) is 7.61. The molecule has 0 radical (unpaired) electrons. The van der Waals surface area contributed by atoms with Crippen molar-refractivity contribution in [3.05, 3.63) is 36.3 Å². The summed E-state index contributed by atoms with van der Waals surface area (Å²) in [5.41, 5.74) is 0. The van der Waals surface area contributed by atoms with Gasteiger partial charge in [-0.25, -0.2) is 0 Å². The van der Waals surface area contributed by atoms with Gasteiger partial charge >= 0.3 is 0 Å². The summed E-state index contributed by atoms with van der Waals surface area (Å²) in [5, 5.41) is 0. The average molecular weight is 198 g/mol. The highest BCUT2D eigenvalue weighted by Gasteiger charge is 1.87. The third kappa shape index (κ3) is 6.30. The van der Waals surface area contributed by atoms with Gasteiger partial charge in [0.25, 0.3) is 0 Å². The van der Waals surface area contributed by atoms with Crippen LogP contribution < -0.4 is 0 Å². The lowest BCUT2D eigenvalue weighted by Gasteiger charge is -1.97. The van der Waals surface area contributed by atoms with Gasteiger partial charge < -0.3 is 0 Å². The molecule has 1 aliphatic rings. The first kappa shape index (κ1) is 10.2. The van der Waals surface area contributed by atoms with Gasteiger partial charge in [0.2, 0.25) is 0 Å². The zero-order chi connectivity index (χ0) is 9.19. The molecule has 1 aliphatic carbocycles. The Morgan fingerprint density at radius 2 is 1.77 bits per heavy atom. The minimum absolute atomic E-state index is 0.329. The predicted molar refractivity (Wildman–Crippen MR) is 55.7 cm³/mol. The van der Waals surface area contributed by atoms with Crippen molar-refractivity contribution in [2.45, 2.75) is 25.7 Å². The van der Waals surface area contributed by atoms with Crippen LogP contribution in [0.25, 0.3) is 0 Å². The van der Waals surface area contributed by atoms with Crippen LogP contribution in [0.15, 0.2) is 45.3 Å². The third-order valence-electron chi connectivity index (χ3n) is 1.66. The van der Waals surface area contributed by atoms with Crippen LogP contribution in [0.1, 0.15) is 25.7 Å². The van der Waals surface area contributed by atoms with E-state index < -0.39 is 0 Å². The molecule has 0 fully saturated rings. The summed E-state index contributed by atoms with van der Waals surface area (Å²) in [7, 11) is 0.329. The third-order valence-corrected chi connectivity index (χ3v) is 2.18. The molecular weight excluding hydrogens is 183 g/mol. The maximum absolute atomic E-state index is 4.55. The molecule has 0 amide bonds. The van der Waals surface area contributed by atoms with Gasteiger partial charge in [-0.05, 0) is 37.5 Å². The van der Waals surface area contributed by atoms with Gasteiger partial charge in [-0.1, -0.05) is 18.2 Å². The molecule has 0 aliphatic heterocycles. The Kier molecular flexibility index (Phi) is 6.08. The van der Waals surface area contributed by atoms with E-state index in [0.29, 0.717) is 8.43 Å². The molecule has 1 unspecified atom stereocenters. The van der Waals surface area contributed by atoms with Crippen LogP contribution in [-0.2, 0) is 0 Å². The normalized spacial score (nSPS) is 14.8. The Labute approximate surface area is 80.1 Å². The van der Waals surface area contributed by atoms with Gasteiger partial charge in [0.15, 0.2) is 0 Å². The molecule has 72 valence electrons. The van der Waals surface area contributed by atoms with Crippen LogP contribution in [0.3, 0.4) is 0 Å². The van der Waals surface area contributed by atoms with E-state index in [2.05, 4.69) is 21.1 Å². The molecule has 0 saturated carbocycles. The summed E-state index contributed by atoms with van der Waals surface area (Å²) < 4.78 is 9.01. The summed E-state index contributed by atoms with van der Waals surface area (Å²) in [6.45, 7) is 0. The fourth-order valence-corrected chi connectivity index (χ4v) is 1.37. The lowest BCUT2D eigenvalue weighted by molar-refractivity contribution is 0.102. The summed E-state index contributed by atoms with van der Waals surface area (Å²) in [4.78, 5) is 0. The van der Waals surface area contributed by atoms with Crippen LogP contribution in [0.5, 0.6) is 0 Å². The molecule has 13 heavy (non-hydrogen) atoms. The topological polar surface area (TPSA) is 26.3 Å². The second-order valence-corrected chi connectivity index (χ2v) is 3.48. The van der Waals surface area contributed by atoms with Crippen molar-refractivity contribution in [2.75, 3.05) is 0 Å². The van der Waals surface area contributed by atoms with E-state index in [1.165, 1.54) is 31.9 Å². The van der Waals surface area contributed by atoms with Crippen molar-refractivity contribution >= 4 is 8.43 Å². The Bertz CT molecular complexity index is 196. The van der Waals surface area contributed by atoms with Gasteiger partial charge in [-0.15, -0.1) is 0 Å². The molecule has 0 N–H and O–H groups in total. The standard InChI is InChI=1S/C6H10.C4H5O2P/c1-2-4-6-5-3-1;1-2-4-7-6-5-3-1/h1-2H,3-6H2;1-4,7H. The van der Waals surface area contributed by atoms with Gasteiger partial charge in [0.05, 0.1) is 8.43 Å². The minimum Gasteiger partial charge on any atom is -0.296 e. The molecule has 1 heterocycles. The summed E-state index contributed by atoms with van der Waals surface area (Å²) in [6, 6.07) is 3.66. The van der Waals surface area contributed by atoms with Gasteiger partial charge in [-0.3, -0.25) is 8.93 Å². The van der Waals surface area contributed by atoms with E-state index in [9.17, 15) is 0 Å². The van der Waals surface area contributed by atoms with Crippen molar-refractivity contribution in [1.29, 1.82) is 0 Å². The first-order valence-corrected chi connectivity index (χ1v) is 5.53. The molecule has 0 saturated heterocycles. The van der Waals surface area contributed by atoms with Crippen LogP contribution in [0, 0.1) is 0 Å². The number of rotatable bonds is 0. The van der Waals surface area contributed by atoms with Gasteiger partial charge in [0.1, 0.15) is 6.26 Å². The number of allylic oxidation sites excluding steroid dienone is 2. The minimum atomic E-state index is 0.329. The quantitative estimate of drug-likeness (QED) is 0.462. The Morgan fingerprint density at radius 3 is 2.38 bits per heavy atom. The SMILES string of the molecule is C1=CCCCC1.c1cc[pH]ooc1. The molecule has 0 spiro atoms. The fourth-order valence-electron chi connectivity index (χ4n) is 1.02. The van der Waals surface area contributed by atoms with Crippen molar-refractivity contribution in [1.82, 2.24) is 0 Å². The molecule has 2 rings (SSSR count). The molecule has 2 nitrogen and oxygen atoms in total. The first-order valence-electron chi connectivity index (χ1n) is 4.54. The van der Waals surface area contributed by atoms with Gasteiger partial charge in [-0.2, -0.15) is 0 Å². The van der Waals surface area contributed by atoms with Crippen LogP contribution in [0.2, 0.25) is 0 Å². The second kappa shape index (κ2) is 7.75. The maximum Gasteiger partial charge on any atom is 0.143 e. The maximum atomic E-state index is 4.55. The van der Waals surface area contributed by atoms with E-state index in [1.807, 2.05) is 11.9 Å². The molecule has 1 aromatic heterocycles. The largest absolute Gasteiger partial charge is 0.296 e. The molecule has 3 heteroatoms. The molecular formula is C10H15O2P. The van der Waals surface area contributed by atoms with Crippen molar-refractivity contribution < 1.29 is 8.93 Å². The summed E-state index contributed by atoms with van der Waals surface area (Å²) in [6.07, 6.45) is 11.5. The fraction of sp³-hybridized carbons (Fsp3) is 0.400. The van der Waals surface area contributed by atoms with Gasteiger partial charge in [0, 0.05) is 0 Å². The summed E-state index contributed by atoms with van der Waals surface area (Å²) in [5.74, 6) is 1.89.